The molecule has 2 aromatic rings. The highest BCUT2D eigenvalue weighted by Gasteiger charge is 2.21. The molecular formula is C11H9N3O. The highest BCUT2D eigenvalue weighted by atomic mass is 16.5. The smallest absolute Gasteiger partial charge is 0.155 e. The molecule has 0 aliphatic carbocycles. The average Bonchev–Trinajstić information content (AvgIpc) is 2.30. The molecule has 74 valence electrons. The Kier molecular flexibility index (Phi) is 1.63. The van der Waals surface area contributed by atoms with Gasteiger partial charge in [0, 0.05) is 12.3 Å². The van der Waals surface area contributed by atoms with E-state index < -0.39 is 0 Å². The maximum Gasteiger partial charge on any atom is 0.155 e. The standard InChI is InChI=1S/C11H9N3O/c12-14-8-3-1-2-4-10(8)15-11-5-6-13-7-9(11)14/h1-7H,12H2. The van der Waals surface area contributed by atoms with Crippen molar-refractivity contribution in [3.63, 3.8) is 0 Å². The first-order valence-corrected chi connectivity index (χ1v) is 4.62. The molecule has 1 aromatic heterocycles. The number of para-hydroxylation sites is 2. The Balaban J connectivity index is 2.20. The lowest BCUT2D eigenvalue weighted by Gasteiger charge is -2.28. The van der Waals surface area contributed by atoms with Gasteiger partial charge in [-0.1, -0.05) is 12.1 Å². The Bertz CT molecular complexity index is 467. The quantitative estimate of drug-likeness (QED) is 0.661. The van der Waals surface area contributed by atoms with Crippen molar-refractivity contribution in [1.29, 1.82) is 0 Å². The van der Waals surface area contributed by atoms with E-state index >= 15 is 0 Å². The molecule has 2 heterocycles. The molecule has 0 bridgehead atoms. The lowest BCUT2D eigenvalue weighted by Crippen LogP contribution is -2.28. The van der Waals surface area contributed by atoms with Gasteiger partial charge in [-0.25, -0.2) is 5.84 Å². The summed E-state index contributed by atoms with van der Waals surface area (Å²) < 4.78 is 5.69. The molecule has 15 heavy (non-hydrogen) atoms. The molecule has 0 amide bonds. The first-order valence-electron chi connectivity index (χ1n) is 4.62. The number of hydrazine groups is 1. The van der Waals surface area contributed by atoms with Gasteiger partial charge in [-0.2, -0.15) is 0 Å². The Labute approximate surface area is 86.9 Å². The number of aromatic nitrogens is 1. The largest absolute Gasteiger partial charge is 0.453 e. The molecule has 0 unspecified atom stereocenters. The van der Waals surface area contributed by atoms with Crippen LogP contribution in [0.4, 0.5) is 11.4 Å². The minimum absolute atomic E-state index is 0.728. The molecule has 0 radical (unpaired) electrons. The number of ether oxygens (including phenoxy) is 1. The second-order valence-corrected chi connectivity index (χ2v) is 3.28. The van der Waals surface area contributed by atoms with Gasteiger partial charge in [-0.3, -0.25) is 9.99 Å². The van der Waals surface area contributed by atoms with E-state index in [4.69, 9.17) is 10.6 Å². The lowest BCUT2D eigenvalue weighted by molar-refractivity contribution is 0.473. The third-order valence-corrected chi connectivity index (χ3v) is 2.37. The molecule has 2 N–H and O–H groups in total. The van der Waals surface area contributed by atoms with Crippen molar-refractivity contribution in [2.24, 2.45) is 5.84 Å². The molecule has 0 spiro atoms. The maximum atomic E-state index is 5.97. The van der Waals surface area contributed by atoms with Crippen LogP contribution in [0.5, 0.6) is 11.5 Å². The van der Waals surface area contributed by atoms with Crippen LogP contribution < -0.4 is 15.6 Å². The molecule has 1 aliphatic heterocycles. The third-order valence-electron chi connectivity index (χ3n) is 2.37. The fraction of sp³-hybridized carbons (Fsp3) is 0. The summed E-state index contributed by atoms with van der Waals surface area (Å²) in [6, 6.07) is 9.43. The molecule has 1 aromatic carbocycles. The van der Waals surface area contributed by atoms with Gasteiger partial charge in [-0.15, -0.1) is 0 Å². The Hall–Kier alpha value is -2.07. The van der Waals surface area contributed by atoms with Crippen LogP contribution in [0.25, 0.3) is 0 Å². The predicted octanol–water partition coefficient (Wildman–Crippen LogP) is 2.20. The summed E-state index contributed by atoms with van der Waals surface area (Å²) in [5.41, 5.74) is 1.62. The molecule has 0 atom stereocenters. The zero-order valence-corrected chi connectivity index (χ0v) is 7.92. The molecule has 0 saturated heterocycles. The van der Waals surface area contributed by atoms with E-state index in [1.807, 2.05) is 24.3 Å². The van der Waals surface area contributed by atoms with Gasteiger partial charge < -0.3 is 4.74 Å². The van der Waals surface area contributed by atoms with E-state index in [0.29, 0.717) is 0 Å². The van der Waals surface area contributed by atoms with Crippen LogP contribution in [0.2, 0.25) is 0 Å². The minimum Gasteiger partial charge on any atom is -0.453 e. The summed E-state index contributed by atoms with van der Waals surface area (Å²) in [5, 5.41) is 1.58. The van der Waals surface area contributed by atoms with Crippen molar-refractivity contribution < 1.29 is 4.74 Å². The predicted molar refractivity (Wildman–Crippen MR) is 57.1 cm³/mol. The van der Waals surface area contributed by atoms with Crippen molar-refractivity contribution in [1.82, 2.24) is 4.98 Å². The van der Waals surface area contributed by atoms with Gasteiger partial charge in [0.2, 0.25) is 0 Å². The SMILES string of the molecule is NN1c2ccccc2Oc2ccncc21. The first kappa shape index (κ1) is 8.26. The second kappa shape index (κ2) is 2.96. The van der Waals surface area contributed by atoms with Crippen LogP contribution in [0, 0.1) is 0 Å². The fourth-order valence-electron chi connectivity index (χ4n) is 1.63. The van der Waals surface area contributed by atoms with Gasteiger partial charge in [0.05, 0.1) is 6.20 Å². The monoisotopic (exact) mass is 199 g/mol. The van der Waals surface area contributed by atoms with Crippen LogP contribution in [-0.2, 0) is 0 Å². The van der Waals surface area contributed by atoms with Crippen LogP contribution in [0.1, 0.15) is 0 Å². The summed E-state index contributed by atoms with van der Waals surface area (Å²) in [6.45, 7) is 0. The zero-order valence-electron chi connectivity index (χ0n) is 7.92. The summed E-state index contributed by atoms with van der Waals surface area (Å²) in [5.74, 6) is 7.46. The zero-order chi connectivity index (χ0) is 10.3. The highest BCUT2D eigenvalue weighted by molar-refractivity contribution is 5.75. The molecule has 4 heteroatoms. The lowest BCUT2D eigenvalue weighted by atomic mass is 10.2. The van der Waals surface area contributed by atoms with Crippen LogP contribution in [-0.4, -0.2) is 4.98 Å². The minimum atomic E-state index is 0.728. The number of rotatable bonds is 0. The van der Waals surface area contributed by atoms with E-state index in [2.05, 4.69) is 4.98 Å². The van der Waals surface area contributed by atoms with E-state index in [0.717, 1.165) is 22.9 Å². The fourth-order valence-corrected chi connectivity index (χ4v) is 1.63. The third kappa shape index (κ3) is 1.15. The van der Waals surface area contributed by atoms with Gasteiger partial charge in [0.15, 0.2) is 11.5 Å². The van der Waals surface area contributed by atoms with Gasteiger partial charge in [-0.05, 0) is 12.1 Å². The molecule has 0 fully saturated rings. The topological polar surface area (TPSA) is 51.4 Å². The number of benzene rings is 1. The second-order valence-electron chi connectivity index (χ2n) is 3.28. The average molecular weight is 199 g/mol. The number of nitrogens with two attached hydrogens (primary N) is 1. The summed E-state index contributed by atoms with van der Waals surface area (Å²) in [7, 11) is 0. The van der Waals surface area contributed by atoms with Crippen molar-refractivity contribution >= 4 is 11.4 Å². The van der Waals surface area contributed by atoms with Crippen LogP contribution >= 0.6 is 0 Å². The number of anilines is 2. The Morgan fingerprint density at radius 1 is 1.07 bits per heavy atom. The first-order chi connectivity index (χ1) is 7.36. The summed E-state index contributed by atoms with van der Waals surface area (Å²) in [4.78, 5) is 4.02. The van der Waals surface area contributed by atoms with Crippen LogP contribution in [0.15, 0.2) is 42.7 Å². The van der Waals surface area contributed by atoms with Crippen molar-refractivity contribution in [3.05, 3.63) is 42.7 Å². The highest BCUT2D eigenvalue weighted by Crippen LogP contribution is 2.43. The number of nitrogens with zero attached hydrogens (tertiary/aromatic N) is 2. The summed E-state index contributed by atoms with van der Waals surface area (Å²) >= 11 is 0. The molecular weight excluding hydrogens is 190 g/mol. The van der Waals surface area contributed by atoms with E-state index in [1.54, 1.807) is 23.5 Å². The Morgan fingerprint density at radius 2 is 1.87 bits per heavy atom. The van der Waals surface area contributed by atoms with Gasteiger partial charge in [0.1, 0.15) is 11.4 Å². The van der Waals surface area contributed by atoms with Crippen molar-refractivity contribution in [2.75, 3.05) is 5.01 Å². The Morgan fingerprint density at radius 3 is 2.80 bits per heavy atom. The molecule has 3 rings (SSSR count). The van der Waals surface area contributed by atoms with E-state index in [1.165, 1.54) is 0 Å². The van der Waals surface area contributed by atoms with E-state index in [-0.39, 0.29) is 0 Å². The number of hydrogen-bond donors (Lipinski definition) is 1. The van der Waals surface area contributed by atoms with Gasteiger partial charge >= 0.3 is 0 Å². The van der Waals surface area contributed by atoms with Crippen molar-refractivity contribution in [3.8, 4) is 11.5 Å². The normalized spacial score (nSPS) is 12.7. The molecule has 4 nitrogen and oxygen atoms in total. The maximum absolute atomic E-state index is 5.97. The molecule has 0 saturated carbocycles. The van der Waals surface area contributed by atoms with Gasteiger partial charge in [0.25, 0.3) is 0 Å². The van der Waals surface area contributed by atoms with Crippen molar-refractivity contribution in [2.45, 2.75) is 0 Å². The number of hydrogen-bond acceptors (Lipinski definition) is 4. The summed E-state index contributed by atoms with van der Waals surface area (Å²) in [6.07, 6.45) is 3.37. The molecule has 1 aliphatic rings. The number of pyridine rings is 1. The van der Waals surface area contributed by atoms with E-state index in [9.17, 15) is 0 Å². The van der Waals surface area contributed by atoms with Crippen LogP contribution in [0.3, 0.4) is 0 Å². The number of fused-ring (bicyclic) bond motifs is 2.